The molecule has 0 bridgehead atoms. The molecule has 0 radical (unpaired) electrons. The van der Waals surface area contributed by atoms with Crippen molar-refractivity contribution in [2.24, 2.45) is 0 Å². The maximum atomic E-state index is 5.54. The summed E-state index contributed by atoms with van der Waals surface area (Å²) in [4.78, 5) is 0. The Labute approximate surface area is 97.0 Å². The number of nitrogens with one attached hydrogen (secondary N) is 1. The lowest BCUT2D eigenvalue weighted by atomic mass is 9.88. The first-order valence-corrected chi connectivity index (χ1v) is 6.32. The first-order chi connectivity index (χ1) is 7.83. The van der Waals surface area contributed by atoms with Gasteiger partial charge in [0.25, 0.3) is 0 Å². The van der Waals surface area contributed by atoms with Crippen LogP contribution in [-0.4, -0.2) is 19.2 Å². The van der Waals surface area contributed by atoms with E-state index in [1.165, 1.54) is 24.0 Å². The van der Waals surface area contributed by atoms with Crippen molar-refractivity contribution >= 4 is 0 Å². The molecule has 1 N–H and O–H groups in total. The zero-order valence-electron chi connectivity index (χ0n) is 9.83. The Bertz CT molecular complexity index is 380. The fourth-order valence-corrected chi connectivity index (χ4v) is 2.74. The van der Waals surface area contributed by atoms with Gasteiger partial charge >= 0.3 is 0 Å². The summed E-state index contributed by atoms with van der Waals surface area (Å²) in [6.07, 6.45) is 3.69. The third-order valence-electron chi connectivity index (χ3n) is 3.85. The number of fused-ring (bicyclic) bond motifs is 1. The summed E-state index contributed by atoms with van der Waals surface area (Å²) in [6, 6.07) is 7.43. The molecular weight excluding hydrogens is 198 g/mol. The summed E-state index contributed by atoms with van der Waals surface area (Å²) in [5.41, 5.74) is 2.89. The van der Waals surface area contributed by atoms with E-state index < -0.39 is 0 Å². The van der Waals surface area contributed by atoms with E-state index in [1.54, 1.807) is 0 Å². The van der Waals surface area contributed by atoms with Gasteiger partial charge in [0.05, 0.1) is 6.61 Å². The highest BCUT2D eigenvalue weighted by atomic mass is 16.5. The molecule has 0 aromatic heterocycles. The Balaban J connectivity index is 1.79. The van der Waals surface area contributed by atoms with Gasteiger partial charge in [-0.1, -0.05) is 12.1 Å². The van der Waals surface area contributed by atoms with Gasteiger partial charge in [-0.2, -0.15) is 0 Å². The molecule has 2 heteroatoms. The Hall–Kier alpha value is -1.02. The van der Waals surface area contributed by atoms with Crippen molar-refractivity contribution in [3.05, 3.63) is 29.3 Å². The van der Waals surface area contributed by atoms with E-state index in [4.69, 9.17) is 4.74 Å². The van der Waals surface area contributed by atoms with Crippen molar-refractivity contribution in [3.8, 4) is 5.75 Å². The highest BCUT2D eigenvalue weighted by Gasteiger charge is 2.21. The molecule has 1 aromatic rings. The fraction of sp³-hybridized carbons (Fsp3) is 0.571. The first kappa shape index (κ1) is 10.2. The molecule has 16 heavy (non-hydrogen) atoms. The maximum absolute atomic E-state index is 5.54. The van der Waals surface area contributed by atoms with Crippen LogP contribution in [0, 0.1) is 0 Å². The van der Waals surface area contributed by atoms with E-state index in [1.807, 2.05) is 0 Å². The smallest absolute Gasteiger partial charge is 0.122 e. The third-order valence-corrected chi connectivity index (χ3v) is 3.85. The number of ether oxygens (including phenoxy) is 1. The first-order valence-electron chi connectivity index (χ1n) is 6.32. The maximum Gasteiger partial charge on any atom is 0.122 e. The largest absolute Gasteiger partial charge is 0.493 e. The normalized spacial score (nSPS) is 28.6. The van der Waals surface area contributed by atoms with E-state index >= 15 is 0 Å². The summed E-state index contributed by atoms with van der Waals surface area (Å²) >= 11 is 0. The zero-order chi connectivity index (χ0) is 11.0. The Morgan fingerprint density at radius 1 is 1.31 bits per heavy atom. The standard InChI is InChI=1S/C14H19NO/c1-10-2-3-13(9-15-10)11-4-5-14-12(8-11)6-7-16-14/h4-5,8,10,13,15H,2-3,6-7,9H2,1H3. The molecule has 2 unspecified atom stereocenters. The van der Waals surface area contributed by atoms with E-state index in [0.29, 0.717) is 12.0 Å². The molecule has 0 aliphatic carbocycles. The monoisotopic (exact) mass is 217 g/mol. The van der Waals surface area contributed by atoms with Gasteiger partial charge in [-0.05, 0) is 42.9 Å². The van der Waals surface area contributed by atoms with Crippen LogP contribution in [0.1, 0.15) is 36.8 Å². The minimum Gasteiger partial charge on any atom is -0.493 e. The molecule has 86 valence electrons. The van der Waals surface area contributed by atoms with Gasteiger partial charge in [0, 0.05) is 19.0 Å². The minimum absolute atomic E-state index is 0.689. The summed E-state index contributed by atoms with van der Waals surface area (Å²) in [7, 11) is 0. The molecular formula is C14H19NO. The number of benzene rings is 1. The SMILES string of the molecule is CC1CCC(c2ccc3c(c2)CCO3)CN1. The van der Waals surface area contributed by atoms with Crippen molar-refractivity contribution in [2.75, 3.05) is 13.2 Å². The van der Waals surface area contributed by atoms with Crippen molar-refractivity contribution < 1.29 is 4.74 Å². The summed E-state index contributed by atoms with van der Waals surface area (Å²) in [5, 5.41) is 3.57. The minimum atomic E-state index is 0.689. The summed E-state index contributed by atoms with van der Waals surface area (Å²) < 4.78 is 5.54. The van der Waals surface area contributed by atoms with Gasteiger partial charge in [-0.15, -0.1) is 0 Å². The summed E-state index contributed by atoms with van der Waals surface area (Å²) in [5.74, 6) is 1.79. The van der Waals surface area contributed by atoms with Crippen LogP contribution in [-0.2, 0) is 6.42 Å². The topological polar surface area (TPSA) is 21.3 Å². The molecule has 1 saturated heterocycles. The lowest BCUT2D eigenvalue weighted by Gasteiger charge is -2.28. The molecule has 2 aliphatic heterocycles. The fourth-order valence-electron chi connectivity index (χ4n) is 2.74. The highest BCUT2D eigenvalue weighted by Crippen LogP contribution is 2.31. The Morgan fingerprint density at radius 3 is 3.06 bits per heavy atom. The van der Waals surface area contributed by atoms with E-state index in [0.717, 1.165) is 25.3 Å². The Kier molecular flexibility index (Phi) is 2.60. The van der Waals surface area contributed by atoms with Gasteiger partial charge in [-0.25, -0.2) is 0 Å². The lowest BCUT2D eigenvalue weighted by Crippen LogP contribution is -2.35. The van der Waals surface area contributed by atoms with Crippen LogP contribution in [0.4, 0.5) is 0 Å². The van der Waals surface area contributed by atoms with Crippen molar-refractivity contribution in [1.29, 1.82) is 0 Å². The molecule has 2 atom stereocenters. The van der Waals surface area contributed by atoms with Gasteiger partial charge in [0.1, 0.15) is 5.75 Å². The van der Waals surface area contributed by atoms with Crippen molar-refractivity contribution in [3.63, 3.8) is 0 Å². The number of hydrogen-bond donors (Lipinski definition) is 1. The number of hydrogen-bond acceptors (Lipinski definition) is 2. The molecule has 1 aromatic carbocycles. The van der Waals surface area contributed by atoms with Gasteiger partial charge in [0.2, 0.25) is 0 Å². The van der Waals surface area contributed by atoms with E-state index in [2.05, 4.69) is 30.4 Å². The number of piperidine rings is 1. The van der Waals surface area contributed by atoms with Gasteiger partial charge in [0.15, 0.2) is 0 Å². The second-order valence-corrected chi connectivity index (χ2v) is 5.05. The summed E-state index contributed by atoms with van der Waals surface area (Å²) in [6.45, 7) is 4.26. The van der Waals surface area contributed by atoms with E-state index in [9.17, 15) is 0 Å². The second kappa shape index (κ2) is 4.10. The van der Waals surface area contributed by atoms with Crippen LogP contribution in [0.3, 0.4) is 0 Å². The predicted octanol–water partition coefficient (Wildman–Crippen LogP) is 2.48. The molecule has 2 heterocycles. The van der Waals surface area contributed by atoms with Crippen LogP contribution in [0.15, 0.2) is 18.2 Å². The average Bonchev–Trinajstić information content (AvgIpc) is 2.77. The van der Waals surface area contributed by atoms with Crippen molar-refractivity contribution in [2.45, 2.75) is 38.1 Å². The molecule has 3 rings (SSSR count). The highest BCUT2D eigenvalue weighted by molar-refractivity contribution is 5.41. The average molecular weight is 217 g/mol. The van der Waals surface area contributed by atoms with Gasteiger partial charge in [-0.3, -0.25) is 0 Å². The van der Waals surface area contributed by atoms with E-state index in [-0.39, 0.29) is 0 Å². The second-order valence-electron chi connectivity index (χ2n) is 5.05. The lowest BCUT2D eigenvalue weighted by molar-refractivity contribution is 0.356. The van der Waals surface area contributed by atoms with Crippen LogP contribution in [0.2, 0.25) is 0 Å². The Morgan fingerprint density at radius 2 is 2.25 bits per heavy atom. The quantitative estimate of drug-likeness (QED) is 0.780. The molecule has 0 spiro atoms. The van der Waals surface area contributed by atoms with Crippen LogP contribution < -0.4 is 10.1 Å². The van der Waals surface area contributed by atoms with Crippen LogP contribution in [0.5, 0.6) is 5.75 Å². The van der Waals surface area contributed by atoms with Crippen molar-refractivity contribution in [1.82, 2.24) is 5.32 Å². The van der Waals surface area contributed by atoms with Crippen LogP contribution in [0.25, 0.3) is 0 Å². The van der Waals surface area contributed by atoms with Gasteiger partial charge < -0.3 is 10.1 Å². The zero-order valence-corrected chi connectivity index (χ0v) is 9.83. The molecule has 2 aliphatic rings. The van der Waals surface area contributed by atoms with Crippen LogP contribution >= 0.6 is 0 Å². The molecule has 2 nitrogen and oxygen atoms in total. The molecule has 1 fully saturated rings. The molecule has 0 saturated carbocycles. The predicted molar refractivity (Wildman–Crippen MR) is 65.1 cm³/mol. The third kappa shape index (κ3) is 1.82. The molecule has 0 amide bonds. The number of rotatable bonds is 1.